The summed E-state index contributed by atoms with van der Waals surface area (Å²) in [5, 5.41) is 13.7. The standard InChI is InChI=1S/C25H22FN6O/c26-20-12-15-6-7-23(29-17-4-2-1-3-5-17)30-21(15)13-19(20)25-31-24(16-10-18(33)11-16)22-14-28-8-9-32(22,25)27/h1-9,12-14,16,18,33H,10-11,27H2,(H,29,30)/q+1. The zero-order valence-electron chi connectivity index (χ0n) is 17.7. The molecule has 3 aliphatic rings. The molecule has 8 heteroatoms. The summed E-state index contributed by atoms with van der Waals surface area (Å²) in [6.07, 6.45) is 5.86. The SMILES string of the molecule is N[N+]12C=CN=CC1=C(C1CC(O)C1)N=C2c1cc2nc(Nc3ccccc3)ccc2cc1F. The Morgan fingerprint density at radius 2 is 1.91 bits per heavy atom. The number of aliphatic imine (C=N–C) groups is 2. The monoisotopic (exact) mass is 441 g/mol. The van der Waals surface area contributed by atoms with Crippen molar-refractivity contribution >= 4 is 34.5 Å². The highest BCUT2D eigenvalue weighted by molar-refractivity contribution is 6.03. The number of hydrogen-bond acceptors (Lipinski definition) is 6. The lowest BCUT2D eigenvalue weighted by molar-refractivity contribution is -0.750. The summed E-state index contributed by atoms with van der Waals surface area (Å²) >= 11 is 0. The molecule has 3 aromatic rings. The fourth-order valence-corrected chi connectivity index (χ4v) is 4.55. The first-order valence-electron chi connectivity index (χ1n) is 10.8. The van der Waals surface area contributed by atoms with Crippen LogP contribution < -0.4 is 11.2 Å². The second kappa shape index (κ2) is 7.41. The number of aromatic nitrogens is 1. The molecule has 0 bridgehead atoms. The number of nitrogens with two attached hydrogens (primary N) is 1. The van der Waals surface area contributed by atoms with E-state index in [4.69, 9.17) is 15.8 Å². The minimum Gasteiger partial charge on any atom is -0.393 e. The van der Waals surface area contributed by atoms with Gasteiger partial charge in [0, 0.05) is 17.0 Å². The molecule has 1 saturated carbocycles. The van der Waals surface area contributed by atoms with E-state index in [2.05, 4.69) is 10.3 Å². The fourth-order valence-electron chi connectivity index (χ4n) is 4.55. The zero-order valence-corrected chi connectivity index (χ0v) is 17.7. The van der Waals surface area contributed by atoms with Gasteiger partial charge in [0.25, 0.3) is 5.84 Å². The number of anilines is 2. The number of amidine groups is 1. The molecule has 1 unspecified atom stereocenters. The summed E-state index contributed by atoms with van der Waals surface area (Å²) in [5.74, 6) is 7.44. The van der Waals surface area contributed by atoms with Crippen LogP contribution in [-0.4, -0.2) is 32.8 Å². The van der Waals surface area contributed by atoms with Gasteiger partial charge in [-0.2, -0.15) is 10.8 Å². The Morgan fingerprint density at radius 3 is 2.70 bits per heavy atom. The van der Waals surface area contributed by atoms with Crippen LogP contribution >= 0.6 is 0 Å². The molecule has 0 radical (unpaired) electrons. The average molecular weight is 441 g/mol. The van der Waals surface area contributed by atoms with Gasteiger partial charge in [-0.15, -0.1) is 4.59 Å². The number of allylic oxidation sites excluding steroid dienone is 2. The summed E-state index contributed by atoms with van der Waals surface area (Å²) in [6, 6.07) is 16.6. The Labute approximate surface area is 189 Å². The third-order valence-electron chi connectivity index (χ3n) is 6.39. The van der Waals surface area contributed by atoms with Crippen LogP contribution in [0.25, 0.3) is 10.9 Å². The molecule has 2 aromatic carbocycles. The molecule has 3 heterocycles. The van der Waals surface area contributed by atoms with Gasteiger partial charge < -0.3 is 10.4 Å². The number of aliphatic hydroxyl groups excluding tert-OH is 1. The largest absolute Gasteiger partial charge is 0.393 e. The quantitative estimate of drug-likeness (QED) is 0.419. The number of hydrogen-bond donors (Lipinski definition) is 3. The summed E-state index contributed by atoms with van der Waals surface area (Å²) in [6.45, 7) is 0. The predicted molar refractivity (Wildman–Crippen MR) is 126 cm³/mol. The molecule has 164 valence electrons. The van der Waals surface area contributed by atoms with Gasteiger partial charge in [0.2, 0.25) is 5.70 Å². The molecule has 0 spiro atoms. The molecule has 2 aliphatic heterocycles. The van der Waals surface area contributed by atoms with Crippen molar-refractivity contribution in [2.75, 3.05) is 5.32 Å². The predicted octanol–water partition coefficient (Wildman–Crippen LogP) is 4.11. The first-order chi connectivity index (χ1) is 16.0. The Balaban J connectivity index is 1.42. The maximum Gasteiger partial charge on any atom is 0.267 e. The van der Waals surface area contributed by atoms with E-state index in [0.29, 0.717) is 46.7 Å². The maximum absolute atomic E-state index is 15.3. The van der Waals surface area contributed by atoms with Gasteiger partial charge in [0.05, 0.1) is 29.6 Å². The van der Waals surface area contributed by atoms with Gasteiger partial charge in [-0.3, -0.25) is 4.99 Å². The van der Waals surface area contributed by atoms with Crippen LogP contribution in [0.1, 0.15) is 18.4 Å². The summed E-state index contributed by atoms with van der Waals surface area (Å²) in [7, 11) is 0. The lowest BCUT2D eigenvalue weighted by Gasteiger charge is -2.31. The number of halogens is 1. The van der Waals surface area contributed by atoms with E-state index in [0.717, 1.165) is 11.4 Å². The van der Waals surface area contributed by atoms with E-state index in [1.165, 1.54) is 6.07 Å². The number of fused-ring (bicyclic) bond motifs is 2. The minimum absolute atomic E-state index is 0.0785. The fraction of sp³-hybridized carbons (Fsp3) is 0.160. The van der Waals surface area contributed by atoms with Gasteiger partial charge in [-0.1, -0.05) is 18.2 Å². The second-order valence-corrected chi connectivity index (χ2v) is 8.59. The van der Waals surface area contributed by atoms with Crippen molar-refractivity contribution in [1.29, 1.82) is 0 Å². The Bertz CT molecular complexity index is 1390. The molecule has 1 atom stereocenters. The van der Waals surface area contributed by atoms with Gasteiger partial charge >= 0.3 is 0 Å². The third kappa shape index (κ3) is 3.27. The first kappa shape index (κ1) is 19.9. The van der Waals surface area contributed by atoms with Gasteiger partial charge in [-0.25, -0.2) is 9.37 Å². The highest BCUT2D eigenvalue weighted by atomic mass is 19.1. The van der Waals surface area contributed by atoms with Gasteiger partial charge in [-0.05, 0) is 49.2 Å². The van der Waals surface area contributed by atoms with Crippen molar-refractivity contribution in [1.82, 2.24) is 4.98 Å². The maximum atomic E-state index is 15.3. The van der Waals surface area contributed by atoms with E-state index in [1.807, 2.05) is 42.5 Å². The summed E-state index contributed by atoms with van der Waals surface area (Å²) < 4.78 is 15.1. The van der Waals surface area contributed by atoms with E-state index < -0.39 is 5.82 Å². The lowest BCUT2D eigenvalue weighted by Crippen LogP contribution is -2.53. The molecule has 7 nitrogen and oxygen atoms in total. The summed E-state index contributed by atoms with van der Waals surface area (Å²) in [4.78, 5) is 13.7. The van der Waals surface area contributed by atoms with Crippen molar-refractivity contribution < 1.29 is 14.1 Å². The summed E-state index contributed by atoms with van der Waals surface area (Å²) in [5.41, 5.74) is 3.30. The van der Waals surface area contributed by atoms with Crippen LogP contribution in [0.3, 0.4) is 0 Å². The van der Waals surface area contributed by atoms with E-state index >= 15 is 4.39 Å². The molecule has 33 heavy (non-hydrogen) atoms. The van der Waals surface area contributed by atoms with Crippen molar-refractivity contribution in [3.05, 3.63) is 89.8 Å². The third-order valence-corrected chi connectivity index (χ3v) is 6.39. The Kier molecular flexibility index (Phi) is 4.48. The van der Waals surface area contributed by atoms with Crippen LogP contribution in [0.4, 0.5) is 15.9 Å². The molecule has 1 fully saturated rings. The number of aliphatic hydroxyl groups is 1. The number of rotatable bonds is 4. The molecule has 1 aromatic heterocycles. The molecule has 0 saturated heterocycles. The minimum atomic E-state index is -0.417. The van der Waals surface area contributed by atoms with Crippen LogP contribution in [-0.2, 0) is 0 Å². The van der Waals surface area contributed by atoms with Crippen molar-refractivity contribution in [2.45, 2.75) is 18.9 Å². The lowest BCUT2D eigenvalue weighted by atomic mass is 9.79. The van der Waals surface area contributed by atoms with Crippen molar-refractivity contribution in [3.63, 3.8) is 0 Å². The Hall–Kier alpha value is -3.72. The van der Waals surface area contributed by atoms with Crippen LogP contribution in [0, 0.1) is 11.7 Å². The topological polar surface area (TPSA) is 95.9 Å². The van der Waals surface area contributed by atoms with E-state index in [9.17, 15) is 5.11 Å². The first-order valence-corrected chi connectivity index (χ1v) is 10.8. The number of pyridine rings is 1. The second-order valence-electron chi connectivity index (χ2n) is 8.59. The highest BCUT2D eigenvalue weighted by Gasteiger charge is 2.48. The van der Waals surface area contributed by atoms with Crippen LogP contribution in [0.15, 0.2) is 88.4 Å². The van der Waals surface area contributed by atoms with E-state index in [1.54, 1.807) is 24.7 Å². The van der Waals surface area contributed by atoms with E-state index in [-0.39, 0.29) is 16.6 Å². The number of nitrogens with one attached hydrogen (secondary N) is 1. The average Bonchev–Trinajstić information content (AvgIpc) is 3.10. The van der Waals surface area contributed by atoms with Crippen molar-refractivity contribution in [2.24, 2.45) is 21.7 Å². The van der Waals surface area contributed by atoms with Crippen LogP contribution in [0.5, 0.6) is 0 Å². The molecule has 6 rings (SSSR count). The number of para-hydroxylation sites is 1. The van der Waals surface area contributed by atoms with Gasteiger partial charge in [0.15, 0.2) is 0 Å². The number of nitrogens with zero attached hydrogens (tertiary/aromatic N) is 4. The highest BCUT2D eigenvalue weighted by Crippen LogP contribution is 2.42. The molecule has 1 aliphatic carbocycles. The molecular formula is C25H22FN6O+. The zero-order chi connectivity index (χ0) is 22.6. The molecule has 0 amide bonds. The van der Waals surface area contributed by atoms with Crippen molar-refractivity contribution in [3.8, 4) is 0 Å². The number of benzene rings is 2. The van der Waals surface area contributed by atoms with Gasteiger partial charge in [0.1, 0.15) is 23.5 Å². The normalized spacial score (nSPS) is 25.7. The molecule has 4 N–H and O–H groups in total. The number of quaternary nitrogens is 1. The smallest absolute Gasteiger partial charge is 0.267 e. The Morgan fingerprint density at radius 1 is 1.09 bits per heavy atom. The molecular weight excluding hydrogens is 419 g/mol. The van der Waals surface area contributed by atoms with Crippen LogP contribution in [0.2, 0.25) is 0 Å².